The maximum Gasteiger partial charge on any atom is 0.227 e. The number of hydrogen-bond acceptors (Lipinski definition) is 3. The molecule has 1 aliphatic heterocycles. The van der Waals surface area contributed by atoms with Crippen molar-refractivity contribution in [3.63, 3.8) is 0 Å². The van der Waals surface area contributed by atoms with Crippen molar-refractivity contribution in [2.45, 2.75) is 25.3 Å². The average Bonchev–Trinajstić information content (AvgIpc) is 3.18. The number of nitrogens with one attached hydrogen (secondary N) is 1. The van der Waals surface area contributed by atoms with Crippen molar-refractivity contribution in [3.8, 4) is 16.9 Å². The third kappa shape index (κ3) is 4.38. The van der Waals surface area contributed by atoms with Crippen LogP contribution in [0.1, 0.15) is 18.4 Å². The van der Waals surface area contributed by atoms with Crippen LogP contribution in [0.15, 0.2) is 60.8 Å². The number of para-hydroxylation sites is 1. The van der Waals surface area contributed by atoms with E-state index in [0.717, 1.165) is 42.7 Å². The number of nitrogens with zero attached hydrogens (tertiary/aromatic N) is 3. The van der Waals surface area contributed by atoms with Crippen LogP contribution < -0.4 is 5.32 Å². The van der Waals surface area contributed by atoms with E-state index in [4.69, 9.17) is 5.10 Å². The summed E-state index contributed by atoms with van der Waals surface area (Å²) in [5.74, 6) is -0.215. The molecule has 1 aromatic heterocycles. The molecule has 2 aromatic carbocycles. The number of carbonyl (C=O) groups excluding carboxylic acids is 1. The Balaban J connectivity index is 1.64. The largest absolute Gasteiger partial charge is 0.342 e. The monoisotopic (exact) mass is 392 g/mol. The molecule has 1 N–H and O–H groups in total. The van der Waals surface area contributed by atoms with Gasteiger partial charge in [0.1, 0.15) is 5.82 Å². The number of carbonyl (C=O) groups is 1. The lowest BCUT2D eigenvalue weighted by molar-refractivity contribution is -0.131. The Hall–Kier alpha value is -2.99. The molecule has 29 heavy (non-hydrogen) atoms. The lowest BCUT2D eigenvalue weighted by Crippen LogP contribution is -2.44. The highest BCUT2D eigenvalue weighted by Crippen LogP contribution is 2.25. The first-order chi connectivity index (χ1) is 14.1. The van der Waals surface area contributed by atoms with Gasteiger partial charge in [-0.05, 0) is 62.3 Å². The van der Waals surface area contributed by atoms with E-state index in [1.807, 2.05) is 48.5 Å². The van der Waals surface area contributed by atoms with Crippen LogP contribution in [0.2, 0.25) is 0 Å². The smallest absolute Gasteiger partial charge is 0.227 e. The molecule has 0 saturated carbocycles. The van der Waals surface area contributed by atoms with Gasteiger partial charge in [-0.3, -0.25) is 4.79 Å². The number of halogens is 1. The fourth-order valence-corrected chi connectivity index (χ4v) is 3.79. The fourth-order valence-electron chi connectivity index (χ4n) is 3.79. The van der Waals surface area contributed by atoms with E-state index in [2.05, 4.69) is 5.32 Å². The average molecular weight is 392 g/mol. The molecular formula is C23H25FN4O. The highest BCUT2D eigenvalue weighted by Gasteiger charge is 2.24. The van der Waals surface area contributed by atoms with Gasteiger partial charge in [0.2, 0.25) is 5.91 Å². The Morgan fingerprint density at radius 2 is 1.83 bits per heavy atom. The SMILES string of the molecule is CN(C(=O)Cc1cn(-c2ccccc2)nc1-c1ccc(F)cc1)C1CCNCC1. The molecule has 3 aromatic rings. The van der Waals surface area contributed by atoms with Crippen LogP contribution >= 0.6 is 0 Å². The van der Waals surface area contributed by atoms with Crippen molar-refractivity contribution >= 4 is 5.91 Å². The predicted octanol–water partition coefficient (Wildman–Crippen LogP) is 3.43. The topological polar surface area (TPSA) is 50.2 Å². The predicted molar refractivity (Wildman–Crippen MR) is 111 cm³/mol. The quantitative estimate of drug-likeness (QED) is 0.724. The van der Waals surface area contributed by atoms with Gasteiger partial charge in [0.05, 0.1) is 17.8 Å². The molecule has 0 radical (unpaired) electrons. The summed E-state index contributed by atoms with van der Waals surface area (Å²) >= 11 is 0. The molecule has 6 heteroatoms. The van der Waals surface area contributed by atoms with Gasteiger partial charge in [-0.1, -0.05) is 18.2 Å². The number of rotatable bonds is 5. The molecule has 0 bridgehead atoms. The van der Waals surface area contributed by atoms with Crippen molar-refractivity contribution < 1.29 is 9.18 Å². The van der Waals surface area contributed by atoms with E-state index in [9.17, 15) is 9.18 Å². The molecular weight excluding hydrogens is 367 g/mol. The Morgan fingerprint density at radius 3 is 2.52 bits per heavy atom. The molecule has 1 saturated heterocycles. The van der Waals surface area contributed by atoms with E-state index in [0.29, 0.717) is 5.69 Å². The molecule has 1 aliphatic rings. The molecule has 0 atom stereocenters. The van der Waals surface area contributed by atoms with Gasteiger partial charge in [0.25, 0.3) is 0 Å². The van der Waals surface area contributed by atoms with Gasteiger partial charge in [-0.25, -0.2) is 9.07 Å². The summed E-state index contributed by atoms with van der Waals surface area (Å²) in [4.78, 5) is 14.9. The molecule has 0 aliphatic carbocycles. The number of hydrogen-bond donors (Lipinski definition) is 1. The number of likely N-dealkylation sites (N-methyl/N-ethyl adjacent to an activating group) is 1. The molecule has 4 rings (SSSR count). The van der Waals surface area contributed by atoms with E-state index >= 15 is 0 Å². The number of amides is 1. The second-order valence-electron chi connectivity index (χ2n) is 7.45. The molecule has 2 heterocycles. The minimum atomic E-state index is -0.292. The normalized spacial score (nSPS) is 14.7. The Kier molecular flexibility index (Phi) is 5.71. The first-order valence-corrected chi connectivity index (χ1v) is 9.98. The van der Waals surface area contributed by atoms with E-state index in [-0.39, 0.29) is 24.2 Å². The number of piperidine rings is 1. The second kappa shape index (κ2) is 8.57. The summed E-state index contributed by atoms with van der Waals surface area (Å²) in [6.07, 6.45) is 4.11. The Morgan fingerprint density at radius 1 is 1.14 bits per heavy atom. The van der Waals surface area contributed by atoms with Crippen LogP contribution in [-0.4, -0.2) is 46.8 Å². The van der Waals surface area contributed by atoms with Crippen molar-refractivity contribution in [2.75, 3.05) is 20.1 Å². The summed E-state index contributed by atoms with van der Waals surface area (Å²) in [6.45, 7) is 1.88. The minimum Gasteiger partial charge on any atom is -0.342 e. The maximum absolute atomic E-state index is 13.4. The van der Waals surface area contributed by atoms with Crippen molar-refractivity contribution in [1.29, 1.82) is 0 Å². The van der Waals surface area contributed by atoms with E-state index in [1.54, 1.807) is 16.8 Å². The van der Waals surface area contributed by atoms with Gasteiger partial charge >= 0.3 is 0 Å². The van der Waals surface area contributed by atoms with Gasteiger partial charge in [-0.15, -0.1) is 0 Å². The van der Waals surface area contributed by atoms with Crippen LogP contribution in [0.3, 0.4) is 0 Å². The maximum atomic E-state index is 13.4. The molecule has 0 unspecified atom stereocenters. The molecule has 0 spiro atoms. The zero-order valence-corrected chi connectivity index (χ0v) is 16.5. The zero-order valence-electron chi connectivity index (χ0n) is 16.5. The van der Waals surface area contributed by atoms with Crippen LogP contribution in [0.25, 0.3) is 16.9 Å². The molecule has 150 valence electrons. The van der Waals surface area contributed by atoms with E-state index in [1.165, 1.54) is 12.1 Å². The van der Waals surface area contributed by atoms with Crippen molar-refractivity contribution in [2.24, 2.45) is 0 Å². The van der Waals surface area contributed by atoms with E-state index < -0.39 is 0 Å². The third-order valence-electron chi connectivity index (χ3n) is 5.52. The number of benzene rings is 2. The van der Waals surface area contributed by atoms with Gasteiger partial charge < -0.3 is 10.2 Å². The molecule has 1 amide bonds. The summed E-state index contributed by atoms with van der Waals surface area (Å²) < 4.78 is 15.2. The first kappa shape index (κ1) is 19.3. The van der Waals surface area contributed by atoms with Gasteiger partial charge in [-0.2, -0.15) is 5.10 Å². The standard InChI is InChI=1S/C23H25FN4O/c1-27(20-11-13-25-14-12-20)22(29)15-18-16-28(21-5-3-2-4-6-21)26-23(18)17-7-9-19(24)10-8-17/h2-10,16,20,25H,11-15H2,1H3. The molecule has 5 nitrogen and oxygen atoms in total. The zero-order chi connectivity index (χ0) is 20.2. The van der Waals surface area contributed by atoms with Crippen LogP contribution in [-0.2, 0) is 11.2 Å². The summed E-state index contributed by atoms with van der Waals surface area (Å²) in [5, 5.41) is 8.05. The Bertz CT molecular complexity index is 962. The highest BCUT2D eigenvalue weighted by atomic mass is 19.1. The van der Waals surface area contributed by atoms with Gasteiger partial charge in [0, 0.05) is 30.4 Å². The van der Waals surface area contributed by atoms with Crippen LogP contribution in [0.5, 0.6) is 0 Å². The summed E-state index contributed by atoms with van der Waals surface area (Å²) in [7, 11) is 1.89. The molecule has 1 fully saturated rings. The summed E-state index contributed by atoms with van der Waals surface area (Å²) in [6, 6.07) is 16.3. The first-order valence-electron chi connectivity index (χ1n) is 9.98. The lowest BCUT2D eigenvalue weighted by Gasteiger charge is -2.31. The van der Waals surface area contributed by atoms with Crippen LogP contribution in [0.4, 0.5) is 4.39 Å². The highest BCUT2D eigenvalue weighted by molar-refractivity contribution is 5.81. The van der Waals surface area contributed by atoms with Crippen molar-refractivity contribution in [3.05, 3.63) is 72.2 Å². The van der Waals surface area contributed by atoms with Crippen molar-refractivity contribution in [1.82, 2.24) is 20.0 Å². The Labute approximate surface area is 170 Å². The third-order valence-corrected chi connectivity index (χ3v) is 5.52. The van der Waals surface area contributed by atoms with Crippen LogP contribution in [0, 0.1) is 5.82 Å². The second-order valence-corrected chi connectivity index (χ2v) is 7.45. The summed E-state index contributed by atoms with van der Waals surface area (Å²) in [5.41, 5.74) is 3.27. The lowest BCUT2D eigenvalue weighted by atomic mass is 10.0. The number of aromatic nitrogens is 2. The fraction of sp³-hybridized carbons (Fsp3) is 0.304. The van der Waals surface area contributed by atoms with Gasteiger partial charge in [0.15, 0.2) is 0 Å². The minimum absolute atomic E-state index is 0.0767.